The first-order valence-electron chi connectivity index (χ1n) is 7.64. The van der Waals surface area contributed by atoms with Crippen LogP contribution in [0.5, 0.6) is 0 Å². The number of rotatable bonds is 2. The third-order valence-corrected chi connectivity index (χ3v) is 4.60. The zero-order valence-electron chi connectivity index (χ0n) is 13.6. The number of piperidine rings is 1. The van der Waals surface area contributed by atoms with Crippen LogP contribution in [0.1, 0.15) is 35.8 Å². The molecular formula is C17H22BrCl2N3O. The van der Waals surface area contributed by atoms with Gasteiger partial charge in [0.15, 0.2) is 0 Å². The highest BCUT2D eigenvalue weighted by Crippen LogP contribution is 2.23. The molecule has 0 aliphatic carbocycles. The summed E-state index contributed by atoms with van der Waals surface area (Å²) >= 11 is 3.46. The Balaban J connectivity index is 0.00000144. The number of halogens is 3. The Bertz CT molecular complexity index is 721. The lowest BCUT2D eigenvalue weighted by molar-refractivity contribution is 0.0927. The maximum Gasteiger partial charge on any atom is 0.252 e. The van der Waals surface area contributed by atoms with Crippen molar-refractivity contribution >= 4 is 57.6 Å². The minimum atomic E-state index is -0.00285. The van der Waals surface area contributed by atoms with Crippen molar-refractivity contribution in [2.45, 2.75) is 38.8 Å². The average molecular weight is 435 g/mol. The molecule has 0 spiro atoms. The first kappa shape index (κ1) is 21.2. The molecule has 2 unspecified atom stereocenters. The summed E-state index contributed by atoms with van der Waals surface area (Å²) in [6.07, 6.45) is 1.95. The summed E-state index contributed by atoms with van der Waals surface area (Å²) in [4.78, 5) is 17.2. The summed E-state index contributed by atoms with van der Waals surface area (Å²) < 4.78 is 0.969. The van der Waals surface area contributed by atoms with E-state index < -0.39 is 0 Å². The van der Waals surface area contributed by atoms with Crippen LogP contribution < -0.4 is 10.6 Å². The first-order chi connectivity index (χ1) is 10.5. The summed E-state index contributed by atoms with van der Waals surface area (Å²) in [5.74, 6) is -0.00285. The number of hydrogen-bond donors (Lipinski definition) is 2. The molecule has 1 aromatic heterocycles. The minimum absolute atomic E-state index is 0. The van der Waals surface area contributed by atoms with Crippen LogP contribution >= 0.6 is 40.7 Å². The number of amides is 1. The fraction of sp³-hybridized carbons (Fsp3) is 0.412. The van der Waals surface area contributed by atoms with Crippen molar-refractivity contribution in [1.82, 2.24) is 15.6 Å². The Morgan fingerprint density at radius 2 is 2.08 bits per heavy atom. The number of fused-ring (bicyclic) bond motifs is 1. The van der Waals surface area contributed by atoms with Crippen molar-refractivity contribution in [3.8, 4) is 0 Å². The standard InChI is InChI=1S/C17H20BrN3O.2ClH/c1-10-7-13(5-6-19-10)21-17(22)15-8-11(2)20-16-9-12(18)3-4-14(15)16;;/h3-4,8-10,13,19H,5-7H2,1-2H3,(H,21,22);2*1H. The number of carbonyl (C=O) groups is 1. The van der Waals surface area contributed by atoms with Gasteiger partial charge in [0.1, 0.15) is 0 Å². The average Bonchev–Trinajstić information content (AvgIpc) is 2.45. The number of hydrogen-bond acceptors (Lipinski definition) is 3. The van der Waals surface area contributed by atoms with Crippen LogP contribution in [-0.2, 0) is 0 Å². The smallest absolute Gasteiger partial charge is 0.252 e. The van der Waals surface area contributed by atoms with Gasteiger partial charge in [-0.15, -0.1) is 24.8 Å². The Labute approximate surface area is 163 Å². The van der Waals surface area contributed by atoms with E-state index in [0.717, 1.165) is 40.5 Å². The maximum absolute atomic E-state index is 12.7. The number of benzene rings is 1. The summed E-state index contributed by atoms with van der Waals surface area (Å²) in [6.45, 7) is 5.03. The number of nitrogens with zero attached hydrogens (tertiary/aromatic N) is 1. The number of carbonyl (C=O) groups excluding carboxylic acids is 1. The lowest BCUT2D eigenvalue weighted by Gasteiger charge is -2.28. The van der Waals surface area contributed by atoms with E-state index in [9.17, 15) is 4.79 Å². The van der Waals surface area contributed by atoms with Crippen LogP contribution in [-0.4, -0.2) is 29.5 Å². The van der Waals surface area contributed by atoms with Gasteiger partial charge >= 0.3 is 0 Å². The van der Waals surface area contributed by atoms with Gasteiger partial charge in [-0.25, -0.2) is 0 Å². The van der Waals surface area contributed by atoms with Crippen molar-refractivity contribution in [3.05, 3.63) is 40.0 Å². The van der Waals surface area contributed by atoms with Crippen LogP contribution in [0.2, 0.25) is 0 Å². The van der Waals surface area contributed by atoms with E-state index in [2.05, 4.69) is 38.5 Å². The Hall–Kier alpha value is -0.880. The van der Waals surface area contributed by atoms with E-state index in [1.807, 2.05) is 31.2 Å². The second-order valence-corrected chi connectivity index (χ2v) is 6.94. The van der Waals surface area contributed by atoms with Crippen LogP contribution in [0.3, 0.4) is 0 Å². The minimum Gasteiger partial charge on any atom is -0.349 e. The predicted octanol–water partition coefficient (Wildman–Crippen LogP) is 4.02. The zero-order chi connectivity index (χ0) is 15.7. The molecule has 1 aliphatic heterocycles. The molecule has 132 valence electrons. The van der Waals surface area contributed by atoms with Gasteiger partial charge in [0.2, 0.25) is 0 Å². The molecule has 1 saturated heterocycles. The van der Waals surface area contributed by atoms with Gasteiger partial charge in [0, 0.05) is 27.6 Å². The van der Waals surface area contributed by atoms with Gasteiger partial charge in [0.05, 0.1) is 11.1 Å². The molecule has 2 aromatic rings. The van der Waals surface area contributed by atoms with Crippen LogP contribution in [0, 0.1) is 6.92 Å². The Morgan fingerprint density at radius 3 is 2.79 bits per heavy atom. The van der Waals surface area contributed by atoms with Crippen molar-refractivity contribution in [3.63, 3.8) is 0 Å². The van der Waals surface area contributed by atoms with Gasteiger partial charge in [-0.05, 0) is 51.4 Å². The summed E-state index contributed by atoms with van der Waals surface area (Å²) in [5, 5.41) is 7.48. The number of aromatic nitrogens is 1. The van der Waals surface area contributed by atoms with Crippen molar-refractivity contribution < 1.29 is 4.79 Å². The molecule has 0 saturated carbocycles. The van der Waals surface area contributed by atoms with Crippen molar-refractivity contribution in [1.29, 1.82) is 0 Å². The lowest BCUT2D eigenvalue weighted by atomic mass is 9.99. The molecule has 2 atom stereocenters. The Morgan fingerprint density at radius 1 is 1.33 bits per heavy atom. The van der Waals surface area contributed by atoms with E-state index in [-0.39, 0.29) is 36.8 Å². The van der Waals surface area contributed by atoms with Gasteiger partial charge in [-0.1, -0.05) is 22.0 Å². The molecule has 0 radical (unpaired) electrons. The molecule has 2 N–H and O–H groups in total. The van der Waals surface area contributed by atoms with E-state index in [1.165, 1.54) is 0 Å². The summed E-state index contributed by atoms with van der Waals surface area (Å²) in [5.41, 5.74) is 2.41. The molecule has 3 rings (SSSR count). The zero-order valence-corrected chi connectivity index (χ0v) is 16.9. The third-order valence-electron chi connectivity index (χ3n) is 4.10. The van der Waals surface area contributed by atoms with Crippen molar-refractivity contribution in [2.75, 3.05) is 6.54 Å². The van der Waals surface area contributed by atoms with Crippen LogP contribution in [0.4, 0.5) is 0 Å². The summed E-state index contributed by atoms with van der Waals surface area (Å²) in [7, 11) is 0. The maximum atomic E-state index is 12.7. The van der Waals surface area contributed by atoms with Gasteiger partial charge in [0.25, 0.3) is 5.91 Å². The molecule has 1 fully saturated rings. The molecular weight excluding hydrogens is 413 g/mol. The molecule has 7 heteroatoms. The fourth-order valence-electron chi connectivity index (χ4n) is 3.05. The van der Waals surface area contributed by atoms with Gasteiger partial charge in [-0.3, -0.25) is 9.78 Å². The molecule has 0 bridgehead atoms. The topological polar surface area (TPSA) is 54.0 Å². The largest absolute Gasteiger partial charge is 0.349 e. The molecule has 4 nitrogen and oxygen atoms in total. The monoisotopic (exact) mass is 433 g/mol. The van der Waals surface area contributed by atoms with E-state index in [4.69, 9.17) is 0 Å². The fourth-order valence-corrected chi connectivity index (χ4v) is 3.40. The molecule has 24 heavy (non-hydrogen) atoms. The number of nitrogens with one attached hydrogen (secondary N) is 2. The quantitative estimate of drug-likeness (QED) is 0.750. The lowest BCUT2D eigenvalue weighted by Crippen LogP contribution is -2.46. The second kappa shape index (κ2) is 8.99. The predicted molar refractivity (Wildman–Crippen MR) is 107 cm³/mol. The third kappa shape index (κ3) is 4.82. The highest BCUT2D eigenvalue weighted by Gasteiger charge is 2.21. The van der Waals surface area contributed by atoms with E-state index >= 15 is 0 Å². The van der Waals surface area contributed by atoms with E-state index in [1.54, 1.807) is 0 Å². The number of aryl methyl sites for hydroxylation is 1. The first-order valence-corrected chi connectivity index (χ1v) is 8.43. The van der Waals surface area contributed by atoms with Crippen LogP contribution in [0.25, 0.3) is 10.9 Å². The molecule has 1 aliphatic rings. The highest BCUT2D eigenvalue weighted by atomic mass is 79.9. The van der Waals surface area contributed by atoms with Crippen LogP contribution in [0.15, 0.2) is 28.7 Å². The number of pyridine rings is 1. The Kier molecular flexibility index (Phi) is 7.93. The molecule has 1 aromatic carbocycles. The van der Waals surface area contributed by atoms with Crippen molar-refractivity contribution in [2.24, 2.45) is 0 Å². The van der Waals surface area contributed by atoms with Gasteiger partial charge in [-0.2, -0.15) is 0 Å². The normalized spacial score (nSPS) is 20.0. The SMILES string of the molecule is Cc1cc(C(=O)NC2CCNC(C)C2)c2ccc(Br)cc2n1.Cl.Cl. The van der Waals surface area contributed by atoms with Gasteiger partial charge < -0.3 is 10.6 Å². The highest BCUT2D eigenvalue weighted by molar-refractivity contribution is 9.10. The molecule has 1 amide bonds. The molecule has 2 heterocycles. The summed E-state index contributed by atoms with van der Waals surface area (Å²) in [6, 6.07) is 8.41. The van der Waals surface area contributed by atoms with E-state index in [0.29, 0.717) is 11.6 Å². The second-order valence-electron chi connectivity index (χ2n) is 6.02.